The van der Waals surface area contributed by atoms with Gasteiger partial charge in [0.1, 0.15) is 64.6 Å². The summed E-state index contributed by atoms with van der Waals surface area (Å²) in [5.74, 6) is -0.609. The van der Waals surface area contributed by atoms with Gasteiger partial charge in [0, 0.05) is 43.9 Å². The number of aromatic nitrogens is 6. The molecule has 4 atom stereocenters. The first-order chi connectivity index (χ1) is 27.6. The molecule has 0 unspecified atom stereocenters. The second kappa shape index (κ2) is 17.1. The standard InChI is InChI=1S/C19H16F2N6O.C18H13F2N5O2.CH5N/c1-23-19(28)12-4-11(5-14(20)6-12)16-7-15(21)10-26(16)17-2-3-27-18(25-17)13(8-22)9-24-27;19-13-3-11(4-15(5-13)27-10-26)16-6-14(20)9-24(16)17-1-2-25-18(23-17)12(7-21)8-22-25;1-2/h2-6,9,15-16H,7,10H2,1H3,(H,23,28);1-5,8,10,14,16H,6,9H2;2H2,1H3/t15-,16+;14-,16+;/m00./s1. The number of nitrogens with two attached hydrogens (primary N) is 1. The fourth-order valence-electron chi connectivity index (χ4n) is 6.88. The Morgan fingerprint density at radius 2 is 1.32 bits per heavy atom. The number of carbonyl (C=O) groups is 2. The number of alkyl halides is 2. The molecule has 4 aromatic heterocycles. The largest absolute Gasteiger partial charge is 0.429 e. The molecule has 0 bridgehead atoms. The van der Waals surface area contributed by atoms with E-state index in [1.165, 1.54) is 53.7 Å². The molecule has 3 N–H and O–H groups in total. The van der Waals surface area contributed by atoms with E-state index in [9.17, 15) is 32.4 Å². The van der Waals surface area contributed by atoms with Crippen molar-refractivity contribution in [3.8, 4) is 17.9 Å². The second-order valence-corrected chi connectivity index (χ2v) is 12.7. The molecule has 6 heterocycles. The van der Waals surface area contributed by atoms with Crippen LogP contribution in [-0.2, 0) is 4.79 Å². The number of nitriles is 2. The van der Waals surface area contributed by atoms with Gasteiger partial charge in [0.25, 0.3) is 12.4 Å². The molecule has 0 spiro atoms. The molecule has 2 aliphatic heterocycles. The van der Waals surface area contributed by atoms with Gasteiger partial charge in [-0.2, -0.15) is 20.7 Å². The van der Waals surface area contributed by atoms with Crippen LogP contribution in [0.1, 0.15) is 57.5 Å². The smallest absolute Gasteiger partial charge is 0.298 e. The number of amides is 1. The molecule has 0 aliphatic carbocycles. The lowest BCUT2D eigenvalue weighted by atomic mass is 10.0. The maximum absolute atomic E-state index is 14.3. The summed E-state index contributed by atoms with van der Waals surface area (Å²) in [6, 6.07) is 14.3. The molecule has 2 fully saturated rings. The van der Waals surface area contributed by atoms with E-state index in [-0.39, 0.29) is 43.7 Å². The molecule has 2 aromatic carbocycles. The number of nitrogens with zero attached hydrogens (tertiary/aromatic N) is 10. The number of carbonyl (C=O) groups excluding carboxylic acids is 2. The van der Waals surface area contributed by atoms with Gasteiger partial charge in [-0.05, 0) is 60.6 Å². The summed E-state index contributed by atoms with van der Waals surface area (Å²) in [7, 11) is 2.96. The first kappa shape index (κ1) is 39.6. The van der Waals surface area contributed by atoms with Crippen LogP contribution in [0.4, 0.5) is 29.2 Å². The summed E-state index contributed by atoms with van der Waals surface area (Å²) in [5.41, 5.74) is 6.98. The van der Waals surface area contributed by atoms with Crippen LogP contribution in [0.5, 0.6) is 5.75 Å². The number of rotatable bonds is 7. The zero-order chi connectivity index (χ0) is 40.8. The van der Waals surface area contributed by atoms with Crippen molar-refractivity contribution in [2.45, 2.75) is 37.3 Å². The lowest BCUT2D eigenvalue weighted by Gasteiger charge is -2.26. The fourth-order valence-corrected chi connectivity index (χ4v) is 6.88. The number of fused-ring (bicyclic) bond motifs is 2. The molecule has 6 aromatic rings. The third kappa shape index (κ3) is 8.28. The van der Waals surface area contributed by atoms with Crippen molar-refractivity contribution < 1.29 is 31.9 Å². The van der Waals surface area contributed by atoms with Crippen molar-refractivity contribution >= 4 is 35.3 Å². The Hall–Kier alpha value is -7.12. The number of halogens is 4. The molecule has 15 nitrogen and oxygen atoms in total. The Morgan fingerprint density at radius 1 is 0.825 bits per heavy atom. The van der Waals surface area contributed by atoms with Gasteiger partial charge in [-0.25, -0.2) is 36.6 Å². The van der Waals surface area contributed by atoms with Crippen LogP contribution < -0.4 is 25.6 Å². The highest BCUT2D eigenvalue weighted by atomic mass is 19.1. The molecule has 57 heavy (non-hydrogen) atoms. The predicted octanol–water partition coefficient (Wildman–Crippen LogP) is 4.53. The highest BCUT2D eigenvalue weighted by Gasteiger charge is 2.36. The monoisotopic (exact) mass is 782 g/mol. The van der Waals surface area contributed by atoms with Gasteiger partial charge in [-0.3, -0.25) is 9.59 Å². The highest BCUT2D eigenvalue weighted by molar-refractivity contribution is 5.94. The Balaban J connectivity index is 0.000000185. The van der Waals surface area contributed by atoms with Crippen molar-refractivity contribution in [3.63, 3.8) is 0 Å². The van der Waals surface area contributed by atoms with E-state index in [4.69, 9.17) is 10.00 Å². The molecule has 2 aliphatic rings. The minimum absolute atomic E-state index is 0.0493. The van der Waals surface area contributed by atoms with Gasteiger partial charge in [-0.1, -0.05) is 0 Å². The fraction of sp³-hybridized carbons (Fsp3) is 0.263. The van der Waals surface area contributed by atoms with Crippen molar-refractivity contribution in [2.24, 2.45) is 5.73 Å². The molecule has 0 radical (unpaired) electrons. The maximum Gasteiger partial charge on any atom is 0.298 e. The number of hydrogen-bond acceptors (Lipinski definition) is 12. The summed E-state index contributed by atoms with van der Waals surface area (Å²) in [6.45, 7) is 0.362. The van der Waals surface area contributed by atoms with Gasteiger partial charge in [0.05, 0.1) is 37.6 Å². The highest BCUT2D eigenvalue weighted by Crippen LogP contribution is 2.39. The van der Waals surface area contributed by atoms with E-state index in [1.54, 1.807) is 40.4 Å². The van der Waals surface area contributed by atoms with E-state index in [2.05, 4.69) is 31.2 Å². The Morgan fingerprint density at radius 3 is 1.79 bits per heavy atom. The molecular weight excluding hydrogens is 748 g/mol. The number of anilines is 2. The summed E-state index contributed by atoms with van der Waals surface area (Å²) >= 11 is 0. The maximum atomic E-state index is 14.3. The normalized spacial score (nSPS) is 18.5. The summed E-state index contributed by atoms with van der Waals surface area (Å²) in [6.07, 6.45) is 4.11. The van der Waals surface area contributed by atoms with Crippen molar-refractivity contribution in [1.82, 2.24) is 34.5 Å². The number of ether oxygens (including phenoxy) is 1. The Labute approximate surface area is 322 Å². The molecule has 1 amide bonds. The molecule has 292 valence electrons. The van der Waals surface area contributed by atoms with E-state index in [0.717, 1.165) is 12.1 Å². The molecule has 8 rings (SSSR count). The zero-order valence-electron chi connectivity index (χ0n) is 30.4. The van der Waals surface area contributed by atoms with Crippen LogP contribution in [0.25, 0.3) is 11.3 Å². The number of hydrogen-bond donors (Lipinski definition) is 2. The quantitative estimate of drug-likeness (QED) is 0.170. The van der Waals surface area contributed by atoms with Crippen LogP contribution in [0.2, 0.25) is 0 Å². The molecule has 0 saturated carbocycles. The number of nitrogens with one attached hydrogen (secondary N) is 1. The third-order valence-corrected chi connectivity index (χ3v) is 9.30. The van der Waals surface area contributed by atoms with Crippen molar-refractivity contribution in [2.75, 3.05) is 37.0 Å². The van der Waals surface area contributed by atoms with Crippen LogP contribution in [0, 0.1) is 34.3 Å². The Bertz CT molecular complexity index is 2520. The summed E-state index contributed by atoms with van der Waals surface area (Å²) in [5, 5.41) is 28.9. The minimum atomic E-state index is -1.13. The topological polar surface area (TPSA) is 196 Å². The zero-order valence-corrected chi connectivity index (χ0v) is 30.4. The lowest BCUT2D eigenvalue weighted by Crippen LogP contribution is -2.25. The number of benzene rings is 2. The molecule has 19 heteroatoms. The summed E-state index contributed by atoms with van der Waals surface area (Å²) < 4.78 is 64.2. The first-order valence-electron chi connectivity index (χ1n) is 17.4. The average molecular weight is 783 g/mol. The van der Waals surface area contributed by atoms with Gasteiger partial charge < -0.3 is 25.6 Å². The minimum Gasteiger partial charge on any atom is -0.429 e. The SMILES string of the molecule is CN.CNC(=O)c1cc(F)cc([C@H]2C[C@H](F)CN2c2ccn3ncc(C#N)c3n2)c1.N#Cc1cnn2ccc(N3C[C@@H](F)C[C@@H]3c3cc(F)cc(OC=O)c3)nc12. The van der Waals surface area contributed by atoms with Crippen LogP contribution >= 0.6 is 0 Å². The van der Waals surface area contributed by atoms with Crippen molar-refractivity contribution in [1.29, 1.82) is 10.5 Å². The van der Waals surface area contributed by atoms with E-state index >= 15 is 0 Å². The van der Waals surface area contributed by atoms with Gasteiger partial charge in [-0.15, -0.1) is 0 Å². The van der Waals surface area contributed by atoms with Crippen LogP contribution in [0.3, 0.4) is 0 Å². The van der Waals surface area contributed by atoms with E-state index in [0.29, 0.717) is 45.2 Å². The summed E-state index contributed by atoms with van der Waals surface area (Å²) in [4.78, 5) is 34.8. The third-order valence-electron chi connectivity index (χ3n) is 9.30. The molecule has 2 saturated heterocycles. The Kier molecular flexibility index (Phi) is 11.9. The van der Waals surface area contributed by atoms with Gasteiger partial charge in [0.2, 0.25) is 0 Å². The lowest BCUT2D eigenvalue weighted by molar-refractivity contribution is -0.120. The average Bonchev–Trinajstić information content (AvgIpc) is 4.02. The molecular formula is C38H34F4N12O3. The van der Waals surface area contributed by atoms with Crippen molar-refractivity contribution in [3.05, 3.63) is 113 Å². The first-order valence-corrected chi connectivity index (χ1v) is 17.4. The predicted molar refractivity (Wildman–Crippen MR) is 198 cm³/mol. The van der Waals surface area contributed by atoms with E-state index in [1.807, 2.05) is 12.1 Å². The second-order valence-electron chi connectivity index (χ2n) is 12.7. The van der Waals surface area contributed by atoms with Crippen LogP contribution in [-0.4, -0.2) is 81.1 Å². The van der Waals surface area contributed by atoms with Gasteiger partial charge in [0.15, 0.2) is 11.3 Å². The van der Waals surface area contributed by atoms with E-state index < -0.39 is 42.0 Å². The van der Waals surface area contributed by atoms with Crippen LogP contribution in [0.15, 0.2) is 73.3 Å². The van der Waals surface area contributed by atoms with Gasteiger partial charge >= 0.3 is 0 Å².